The third kappa shape index (κ3) is 4.87. The van der Waals surface area contributed by atoms with E-state index in [0.29, 0.717) is 0 Å². The van der Waals surface area contributed by atoms with Gasteiger partial charge in [-0.15, -0.1) is 5.10 Å². The maximum atomic E-state index is 5.02. The second-order valence-electron chi connectivity index (χ2n) is 16.2. The zero-order valence-electron chi connectivity index (χ0n) is 32.9. The lowest BCUT2D eigenvalue weighted by Gasteiger charge is -2.30. The predicted octanol–water partition coefficient (Wildman–Crippen LogP) is 13.7. The molecule has 282 valence electrons. The minimum absolute atomic E-state index is 0.387. The first kappa shape index (κ1) is 33.8. The summed E-state index contributed by atoms with van der Waals surface area (Å²) in [5.41, 5.74) is 21.7. The Balaban J connectivity index is 1.03. The molecule has 0 unspecified atom stereocenters. The monoisotopic (exact) mass is 774 g/mol. The second-order valence-corrected chi connectivity index (χ2v) is 16.2. The summed E-state index contributed by atoms with van der Waals surface area (Å²) in [6, 6.07) is 68.8. The molecule has 0 amide bonds. The molecule has 0 radical (unpaired) electrons. The summed E-state index contributed by atoms with van der Waals surface area (Å²) in [6.45, 7) is 0. The van der Waals surface area contributed by atoms with Crippen molar-refractivity contribution in [2.75, 3.05) is 0 Å². The van der Waals surface area contributed by atoms with Gasteiger partial charge in [0.2, 0.25) is 0 Å². The lowest BCUT2D eigenvalue weighted by atomic mass is 9.70. The van der Waals surface area contributed by atoms with Gasteiger partial charge in [-0.1, -0.05) is 146 Å². The summed E-state index contributed by atoms with van der Waals surface area (Å²) in [4.78, 5) is 9.70. The van der Waals surface area contributed by atoms with Crippen LogP contribution in [0.5, 0.6) is 0 Å². The van der Waals surface area contributed by atoms with Crippen LogP contribution in [-0.4, -0.2) is 20.2 Å². The number of hydrogen-bond donors (Lipinski definition) is 0. The van der Waals surface area contributed by atoms with E-state index in [1.54, 1.807) is 6.20 Å². The SMILES string of the molecule is c1ccc(-c2cnc3c(ccc4cccnc43)c2)c(-c2cc(-c3ccc4c(c3)-c3ccccc3C43c4ccccc4-c4ccccc43)cc(-c3cccc4ccnnc34)c2)c1. The molecule has 3 heterocycles. The van der Waals surface area contributed by atoms with Crippen LogP contribution in [0.2, 0.25) is 0 Å². The van der Waals surface area contributed by atoms with Gasteiger partial charge in [0, 0.05) is 39.7 Å². The van der Waals surface area contributed by atoms with Crippen molar-refractivity contribution in [3.05, 3.63) is 229 Å². The summed E-state index contributed by atoms with van der Waals surface area (Å²) in [5, 5.41) is 12.2. The fraction of sp³-hybridized carbons (Fsp3) is 0.0175. The van der Waals surface area contributed by atoms with Crippen molar-refractivity contribution in [1.82, 2.24) is 20.2 Å². The van der Waals surface area contributed by atoms with Crippen LogP contribution in [0.25, 0.3) is 99.5 Å². The van der Waals surface area contributed by atoms with Gasteiger partial charge in [-0.25, -0.2) is 0 Å². The van der Waals surface area contributed by atoms with Gasteiger partial charge in [-0.2, -0.15) is 5.10 Å². The highest BCUT2D eigenvalue weighted by Crippen LogP contribution is 2.63. The van der Waals surface area contributed by atoms with E-state index < -0.39 is 0 Å². The molecule has 3 aromatic heterocycles. The molecular weight excluding hydrogens is 741 g/mol. The average molecular weight is 775 g/mol. The molecule has 0 N–H and O–H groups in total. The number of benzene rings is 8. The topological polar surface area (TPSA) is 51.6 Å². The molecule has 4 heteroatoms. The summed E-state index contributed by atoms with van der Waals surface area (Å²) in [6.07, 6.45) is 5.59. The van der Waals surface area contributed by atoms with E-state index in [2.05, 4.69) is 191 Å². The van der Waals surface area contributed by atoms with Crippen molar-refractivity contribution in [3.63, 3.8) is 0 Å². The molecule has 2 aliphatic carbocycles. The fourth-order valence-electron chi connectivity index (χ4n) is 10.5. The predicted molar refractivity (Wildman–Crippen MR) is 248 cm³/mol. The lowest BCUT2D eigenvalue weighted by molar-refractivity contribution is 0.794. The van der Waals surface area contributed by atoms with Crippen LogP contribution in [-0.2, 0) is 5.41 Å². The molecule has 8 aromatic carbocycles. The molecule has 2 aliphatic rings. The molecule has 0 fully saturated rings. The highest BCUT2D eigenvalue weighted by molar-refractivity contribution is 6.04. The molecule has 13 rings (SSSR count). The van der Waals surface area contributed by atoms with Crippen LogP contribution in [0.1, 0.15) is 22.3 Å². The van der Waals surface area contributed by atoms with Gasteiger partial charge in [-0.05, 0) is 120 Å². The molecule has 0 saturated heterocycles. The Kier molecular flexibility index (Phi) is 7.19. The van der Waals surface area contributed by atoms with Crippen molar-refractivity contribution >= 4 is 32.7 Å². The van der Waals surface area contributed by atoms with E-state index in [0.717, 1.165) is 77.2 Å². The van der Waals surface area contributed by atoms with Crippen molar-refractivity contribution in [2.24, 2.45) is 0 Å². The lowest BCUT2D eigenvalue weighted by Crippen LogP contribution is -2.25. The molecule has 1 spiro atoms. The van der Waals surface area contributed by atoms with Crippen LogP contribution in [0, 0.1) is 0 Å². The first-order valence-corrected chi connectivity index (χ1v) is 20.8. The number of hydrogen-bond acceptors (Lipinski definition) is 4. The summed E-state index contributed by atoms with van der Waals surface area (Å²) in [7, 11) is 0. The maximum Gasteiger partial charge on any atom is 0.101 e. The molecule has 0 aliphatic heterocycles. The van der Waals surface area contributed by atoms with Gasteiger partial charge in [0.25, 0.3) is 0 Å². The van der Waals surface area contributed by atoms with Crippen molar-refractivity contribution in [1.29, 1.82) is 0 Å². The molecule has 0 bridgehead atoms. The normalized spacial score (nSPS) is 13.0. The number of rotatable bonds is 4. The summed E-state index contributed by atoms with van der Waals surface area (Å²) in [5.74, 6) is 0. The van der Waals surface area contributed by atoms with Crippen molar-refractivity contribution in [3.8, 4) is 66.8 Å². The van der Waals surface area contributed by atoms with Gasteiger partial charge in [0.1, 0.15) is 5.52 Å². The molecule has 0 saturated carbocycles. The largest absolute Gasteiger partial charge is 0.254 e. The minimum atomic E-state index is -0.387. The minimum Gasteiger partial charge on any atom is -0.254 e. The maximum absolute atomic E-state index is 5.02. The smallest absolute Gasteiger partial charge is 0.101 e. The zero-order valence-corrected chi connectivity index (χ0v) is 32.9. The van der Waals surface area contributed by atoms with E-state index in [4.69, 9.17) is 4.98 Å². The van der Waals surface area contributed by atoms with E-state index >= 15 is 0 Å². The first-order chi connectivity index (χ1) is 30.2. The molecule has 0 atom stereocenters. The Hall–Kier alpha value is -8.08. The number of fused-ring (bicyclic) bond motifs is 14. The van der Waals surface area contributed by atoms with Gasteiger partial charge < -0.3 is 0 Å². The molecule has 61 heavy (non-hydrogen) atoms. The standard InChI is InChI=1S/C57H34N4/c1-2-14-44(42-29-38-23-22-35-12-10-27-58-55(35)56(38)59-34-42)43(13-1)40-30-39(31-41(32-40)45-18-9-11-36-26-28-60-61-54(36)45)37-24-25-53-49(33-37)48-17-5-8-21-52(48)57(53)50-19-6-3-15-46(50)47-16-4-7-20-51(47)57/h1-34H. The third-order valence-corrected chi connectivity index (χ3v) is 13.1. The van der Waals surface area contributed by atoms with Gasteiger partial charge >= 0.3 is 0 Å². The van der Waals surface area contributed by atoms with Crippen LogP contribution in [0.15, 0.2) is 207 Å². The summed E-state index contributed by atoms with van der Waals surface area (Å²) >= 11 is 0. The van der Waals surface area contributed by atoms with Gasteiger partial charge in [0.15, 0.2) is 0 Å². The molecule has 4 nitrogen and oxygen atoms in total. The van der Waals surface area contributed by atoms with Crippen molar-refractivity contribution < 1.29 is 0 Å². The van der Waals surface area contributed by atoms with E-state index in [1.165, 1.54) is 44.5 Å². The Labute approximate surface area is 352 Å². The van der Waals surface area contributed by atoms with Crippen LogP contribution < -0.4 is 0 Å². The first-order valence-electron chi connectivity index (χ1n) is 20.8. The highest BCUT2D eigenvalue weighted by atomic mass is 15.1. The quantitative estimate of drug-likeness (QED) is 0.167. The number of pyridine rings is 2. The molecular formula is C57H34N4. The number of nitrogens with zero attached hydrogens (tertiary/aromatic N) is 4. The van der Waals surface area contributed by atoms with Crippen LogP contribution in [0.4, 0.5) is 0 Å². The summed E-state index contributed by atoms with van der Waals surface area (Å²) < 4.78 is 0. The van der Waals surface area contributed by atoms with Gasteiger partial charge in [-0.3, -0.25) is 9.97 Å². The van der Waals surface area contributed by atoms with Gasteiger partial charge in [0.05, 0.1) is 22.6 Å². The Morgan fingerprint density at radius 2 is 0.852 bits per heavy atom. The van der Waals surface area contributed by atoms with Crippen LogP contribution >= 0.6 is 0 Å². The van der Waals surface area contributed by atoms with E-state index in [1.807, 2.05) is 24.5 Å². The zero-order chi connectivity index (χ0) is 40.1. The fourth-order valence-corrected chi connectivity index (χ4v) is 10.5. The Bertz CT molecular complexity index is 3570. The van der Waals surface area contributed by atoms with E-state index in [9.17, 15) is 0 Å². The van der Waals surface area contributed by atoms with Crippen molar-refractivity contribution in [2.45, 2.75) is 5.41 Å². The Morgan fingerprint density at radius 3 is 1.61 bits per heavy atom. The average Bonchev–Trinajstić information content (AvgIpc) is 3.80. The second kappa shape index (κ2) is 13.0. The Morgan fingerprint density at radius 1 is 0.295 bits per heavy atom. The highest BCUT2D eigenvalue weighted by Gasteiger charge is 2.51. The molecule has 11 aromatic rings. The third-order valence-electron chi connectivity index (χ3n) is 13.1. The number of aromatic nitrogens is 4. The van der Waals surface area contributed by atoms with Crippen LogP contribution in [0.3, 0.4) is 0 Å². The van der Waals surface area contributed by atoms with E-state index in [-0.39, 0.29) is 5.41 Å².